The van der Waals surface area contributed by atoms with Gasteiger partial charge in [0.1, 0.15) is 10.7 Å². The number of ketones is 1. The minimum absolute atomic E-state index is 0.0960. The van der Waals surface area contributed by atoms with Crippen molar-refractivity contribution in [2.75, 3.05) is 0 Å². The molecule has 0 aliphatic carbocycles. The predicted octanol–water partition coefficient (Wildman–Crippen LogP) is 3.99. The minimum Gasteiger partial charge on any atom is -0.465 e. The molecule has 2 rings (SSSR count). The second-order valence-electron chi connectivity index (χ2n) is 4.16. The van der Waals surface area contributed by atoms with Crippen molar-refractivity contribution in [2.24, 2.45) is 0 Å². The lowest BCUT2D eigenvalue weighted by Crippen LogP contribution is -2.11. The second kappa shape index (κ2) is 6.05. The largest absolute Gasteiger partial charge is 0.465 e. The van der Waals surface area contributed by atoms with Crippen molar-refractivity contribution < 1.29 is 17.6 Å². The summed E-state index contributed by atoms with van der Waals surface area (Å²) in [7, 11) is -4.01. The Hall–Kier alpha value is -1.56. The Kier molecular flexibility index (Phi) is 4.56. The molecule has 7 heteroatoms. The van der Waals surface area contributed by atoms with Crippen LogP contribution in [0.3, 0.4) is 0 Å². The number of allylic oxidation sites excluding steroid dienone is 1. The van der Waals surface area contributed by atoms with Gasteiger partial charge in [0, 0.05) is 6.08 Å². The smallest absolute Gasteiger partial charge is 0.210 e. The number of Topliss-reactive ketones (excluding diaryl/α,β-unsaturated/α-hetero) is 1. The van der Waals surface area contributed by atoms with Crippen molar-refractivity contribution in [3.8, 4) is 0 Å². The van der Waals surface area contributed by atoms with E-state index in [9.17, 15) is 13.2 Å². The maximum absolute atomic E-state index is 12.5. The van der Waals surface area contributed by atoms with E-state index < -0.39 is 15.6 Å². The van der Waals surface area contributed by atoms with Crippen LogP contribution in [0.25, 0.3) is 6.08 Å². The van der Waals surface area contributed by atoms with Crippen LogP contribution in [-0.4, -0.2) is 14.2 Å². The van der Waals surface area contributed by atoms with Gasteiger partial charge in [0.05, 0.1) is 21.2 Å². The Morgan fingerprint density at radius 1 is 1.19 bits per heavy atom. The molecule has 0 spiro atoms. The molecule has 4 nitrogen and oxygen atoms in total. The van der Waals surface area contributed by atoms with E-state index in [4.69, 9.17) is 27.6 Å². The van der Waals surface area contributed by atoms with Gasteiger partial charge in [-0.15, -0.1) is 0 Å². The molecular formula is C14H10Cl2O4S. The zero-order valence-corrected chi connectivity index (χ0v) is 13.2. The molecule has 0 bridgehead atoms. The van der Waals surface area contributed by atoms with Crippen molar-refractivity contribution in [3.05, 3.63) is 57.3 Å². The third-order valence-corrected chi connectivity index (χ3v) is 5.25. The van der Waals surface area contributed by atoms with Crippen LogP contribution in [0, 0.1) is 0 Å². The van der Waals surface area contributed by atoms with Gasteiger partial charge in [0.15, 0.2) is 5.78 Å². The predicted molar refractivity (Wildman–Crippen MR) is 81.0 cm³/mol. The van der Waals surface area contributed by atoms with Gasteiger partial charge in [0.25, 0.3) is 0 Å². The minimum atomic E-state index is -4.01. The van der Waals surface area contributed by atoms with E-state index in [1.165, 1.54) is 37.5 Å². The molecule has 0 fully saturated rings. The Balaban J connectivity index is 2.58. The van der Waals surface area contributed by atoms with Crippen molar-refractivity contribution in [2.45, 2.75) is 11.8 Å². The van der Waals surface area contributed by atoms with Crippen LogP contribution in [0.5, 0.6) is 0 Å². The highest BCUT2D eigenvalue weighted by Gasteiger charge is 2.25. The highest BCUT2D eigenvalue weighted by molar-refractivity contribution is 7.96. The number of sulfone groups is 1. The maximum Gasteiger partial charge on any atom is 0.210 e. The molecule has 2 aromatic rings. The molecule has 0 unspecified atom stereocenters. The Labute approximate surface area is 131 Å². The van der Waals surface area contributed by atoms with Crippen LogP contribution in [-0.2, 0) is 14.6 Å². The molecule has 0 saturated heterocycles. The summed E-state index contributed by atoms with van der Waals surface area (Å²) in [6.45, 7) is 1.17. The van der Waals surface area contributed by atoms with E-state index in [-0.39, 0.29) is 25.6 Å². The standard InChI is InChI=1S/C14H10Cl2O4S/c1-9(17)14(7-10-3-2-6-20-10)21(18,19)11-4-5-12(15)13(16)8-11/h2-8H,1H3/b14-7-. The first kappa shape index (κ1) is 15.8. The number of hydrogen-bond donors (Lipinski definition) is 0. The van der Waals surface area contributed by atoms with E-state index in [0.717, 1.165) is 0 Å². The Bertz CT molecular complexity index is 806. The number of benzene rings is 1. The Morgan fingerprint density at radius 2 is 1.90 bits per heavy atom. The molecule has 0 atom stereocenters. The average molecular weight is 345 g/mol. The fraction of sp³-hybridized carbons (Fsp3) is 0.0714. The summed E-state index contributed by atoms with van der Waals surface area (Å²) < 4.78 is 30.1. The highest BCUT2D eigenvalue weighted by atomic mass is 35.5. The SMILES string of the molecule is CC(=O)/C(=C/c1ccco1)S(=O)(=O)c1ccc(Cl)c(Cl)c1. The lowest BCUT2D eigenvalue weighted by atomic mass is 10.3. The van der Waals surface area contributed by atoms with E-state index in [2.05, 4.69) is 0 Å². The number of halogens is 2. The number of furan rings is 1. The highest BCUT2D eigenvalue weighted by Crippen LogP contribution is 2.29. The number of hydrogen-bond acceptors (Lipinski definition) is 4. The van der Waals surface area contributed by atoms with Gasteiger partial charge in [-0.2, -0.15) is 0 Å². The number of rotatable bonds is 4. The van der Waals surface area contributed by atoms with E-state index >= 15 is 0 Å². The first-order valence-corrected chi connectivity index (χ1v) is 8.02. The molecule has 21 heavy (non-hydrogen) atoms. The molecule has 0 aliphatic heterocycles. The molecular weight excluding hydrogens is 335 g/mol. The number of carbonyl (C=O) groups is 1. The van der Waals surface area contributed by atoms with Gasteiger partial charge in [-0.1, -0.05) is 23.2 Å². The fourth-order valence-corrected chi connectivity index (χ4v) is 3.43. The third kappa shape index (κ3) is 3.37. The zero-order valence-electron chi connectivity index (χ0n) is 10.8. The summed E-state index contributed by atoms with van der Waals surface area (Å²) in [5, 5.41) is 0.327. The normalized spacial score (nSPS) is 12.4. The monoisotopic (exact) mass is 344 g/mol. The summed E-state index contributed by atoms with van der Waals surface area (Å²) in [6, 6.07) is 7.00. The van der Waals surface area contributed by atoms with Crippen molar-refractivity contribution in [3.63, 3.8) is 0 Å². The topological polar surface area (TPSA) is 64.3 Å². The van der Waals surface area contributed by atoms with Crippen LogP contribution in [0.15, 0.2) is 50.8 Å². The summed E-state index contributed by atoms with van der Waals surface area (Å²) >= 11 is 11.6. The van der Waals surface area contributed by atoms with E-state index in [1.807, 2.05) is 0 Å². The van der Waals surface area contributed by atoms with E-state index in [0.29, 0.717) is 0 Å². The van der Waals surface area contributed by atoms with Gasteiger partial charge in [-0.3, -0.25) is 4.79 Å². The van der Waals surface area contributed by atoms with Crippen LogP contribution in [0.4, 0.5) is 0 Å². The molecule has 0 amide bonds. The van der Waals surface area contributed by atoms with Crippen LogP contribution in [0.2, 0.25) is 10.0 Å². The molecule has 110 valence electrons. The molecule has 1 aromatic heterocycles. The molecule has 1 heterocycles. The first-order chi connectivity index (χ1) is 9.82. The zero-order chi connectivity index (χ0) is 15.6. The van der Waals surface area contributed by atoms with Gasteiger partial charge in [0.2, 0.25) is 9.84 Å². The van der Waals surface area contributed by atoms with Gasteiger partial charge < -0.3 is 4.42 Å². The third-order valence-electron chi connectivity index (χ3n) is 2.65. The maximum atomic E-state index is 12.5. The quantitative estimate of drug-likeness (QED) is 0.786. The fourth-order valence-electron chi connectivity index (χ4n) is 1.64. The molecule has 1 aromatic carbocycles. The van der Waals surface area contributed by atoms with Crippen LogP contribution >= 0.6 is 23.2 Å². The summed E-state index contributed by atoms with van der Waals surface area (Å²) in [4.78, 5) is 11.2. The first-order valence-electron chi connectivity index (χ1n) is 5.78. The van der Waals surface area contributed by atoms with E-state index in [1.54, 1.807) is 12.1 Å². The number of carbonyl (C=O) groups excluding carboxylic acids is 1. The van der Waals surface area contributed by atoms with Crippen molar-refractivity contribution in [1.29, 1.82) is 0 Å². The lowest BCUT2D eigenvalue weighted by molar-refractivity contribution is -0.112. The summed E-state index contributed by atoms with van der Waals surface area (Å²) in [6.07, 6.45) is 2.57. The summed E-state index contributed by atoms with van der Waals surface area (Å²) in [5.74, 6) is -0.332. The molecule has 0 saturated carbocycles. The van der Waals surface area contributed by atoms with Gasteiger partial charge >= 0.3 is 0 Å². The van der Waals surface area contributed by atoms with Gasteiger partial charge in [-0.05, 0) is 37.3 Å². The van der Waals surface area contributed by atoms with Crippen LogP contribution < -0.4 is 0 Å². The second-order valence-corrected chi connectivity index (χ2v) is 6.89. The van der Waals surface area contributed by atoms with Crippen molar-refractivity contribution >= 4 is 44.9 Å². The molecule has 0 N–H and O–H groups in total. The Morgan fingerprint density at radius 3 is 2.43 bits per heavy atom. The molecule has 0 aliphatic rings. The van der Waals surface area contributed by atoms with Crippen LogP contribution in [0.1, 0.15) is 12.7 Å². The van der Waals surface area contributed by atoms with Gasteiger partial charge in [-0.25, -0.2) is 8.42 Å². The summed E-state index contributed by atoms with van der Waals surface area (Å²) in [5.41, 5.74) is 0. The molecule has 0 radical (unpaired) electrons. The lowest BCUT2D eigenvalue weighted by Gasteiger charge is -2.07. The van der Waals surface area contributed by atoms with Crippen molar-refractivity contribution in [1.82, 2.24) is 0 Å². The average Bonchev–Trinajstić information content (AvgIpc) is 2.91.